The SMILES string of the molecule is CC(=O)NNC(C)C1COc2ccccc2O1. The van der Waals surface area contributed by atoms with E-state index < -0.39 is 0 Å². The van der Waals surface area contributed by atoms with Gasteiger partial charge in [-0.3, -0.25) is 10.2 Å². The van der Waals surface area contributed by atoms with Crippen LogP contribution in [-0.2, 0) is 4.79 Å². The normalized spacial score (nSPS) is 19.5. The smallest absolute Gasteiger partial charge is 0.230 e. The predicted molar refractivity (Wildman–Crippen MR) is 62.8 cm³/mol. The van der Waals surface area contributed by atoms with Crippen molar-refractivity contribution < 1.29 is 14.3 Å². The molecule has 2 atom stereocenters. The van der Waals surface area contributed by atoms with Gasteiger partial charge in [-0.1, -0.05) is 12.1 Å². The van der Waals surface area contributed by atoms with Gasteiger partial charge in [0.15, 0.2) is 11.5 Å². The average molecular weight is 236 g/mol. The standard InChI is InChI=1S/C12H16N2O3/c1-8(13-14-9(2)15)12-7-16-10-5-3-4-6-11(10)17-12/h3-6,8,12-13H,7H2,1-2H3,(H,14,15). The second kappa shape index (κ2) is 5.05. The maximum absolute atomic E-state index is 10.8. The van der Waals surface area contributed by atoms with Crippen LogP contribution in [0, 0.1) is 0 Å². The summed E-state index contributed by atoms with van der Waals surface area (Å²) in [5, 5.41) is 0. The number of hydrazine groups is 1. The summed E-state index contributed by atoms with van der Waals surface area (Å²) in [4.78, 5) is 10.8. The Morgan fingerprint density at radius 3 is 2.82 bits per heavy atom. The van der Waals surface area contributed by atoms with Crippen LogP contribution in [0.5, 0.6) is 11.5 Å². The molecule has 0 aliphatic carbocycles. The number of hydrogen-bond acceptors (Lipinski definition) is 4. The van der Waals surface area contributed by atoms with Gasteiger partial charge in [-0.25, -0.2) is 5.43 Å². The molecule has 1 aliphatic rings. The van der Waals surface area contributed by atoms with Crippen molar-refractivity contribution in [1.82, 2.24) is 10.9 Å². The van der Waals surface area contributed by atoms with E-state index in [1.807, 2.05) is 31.2 Å². The van der Waals surface area contributed by atoms with Crippen molar-refractivity contribution in [3.63, 3.8) is 0 Å². The number of ether oxygens (including phenoxy) is 2. The maximum Gasteiger partial charge on any atom is 0.230 e. The molecule has 17 heavy (non-hydrogen) atoms. The van der Waals surface area contributed by atoms with Gasteiger partial charge >= 0.3 is 0 Å². The molecule has 92 valence electrons. The first-order chi connectivity index (χ1) is 8.16. The van der Waals surface area contributed by atoms with Gasteiger partial charge in [0, 0.05) is 6.92 Å². The summed E-state index contributed by atoms with van der Waals surface area (Å²) < 4.78 is 11.4. The third-order valence-electron chi connectivity index (χ3n) is 2.56. The number of nitrogens with one attached hydrogen (secondary N) is 2. The molecule has 1 aliphatic heterocycles. The highest BCUT2D eigenvalue weighted by Crippen LogP contribution is 2.31. The summed E-state index contributed by atoms with van der Waals surface area (Å²) in [6.45, 7) is 3.84. The molecule has 1 amide bonds. The summed E-state index contributed by atoms with van der Waals surface area (Å²) in [5.41, 5.74) is 5.42. The molecule has 0 fully saturated rings. The van der Waals surface area contributed by atoms with Crippen LogP contribution in [0.4, 0.5) is 0 Å². The summed E-state index contributed by atoms with van der Waals surface area (Å²) in [6, 6.07) is 7.51. The van der Waals surface area contributed by atoms with Crippen molar-refractivity contribution in [3.05, 3.63) is 24.3 Å². The van der Waals surface area contributed by atoms with E-state index in [-0.39, 0.29) is 18.1 Å². The fourth-order valence-electron chi connectivity index (χ4n) is 1.59. The number of fused-ring (bicyclic) bond motifs is 1. The highest BCUT2D eigenvalue weighted by molar-refractivity contribution is 5.72. The van der Waals surface area contributed by atoms with Gasteiger partial charge in [0.1, 0.15) is 12.7 Å². The third kappa shape index (κ3) is 2.88. The molecule has 2 N–H and O–H groups in total. The van der Waals surface area contributed by atoms with Gasteiger partial charge < -0.3 is 9.47 Å². The molecule has 0 saturated heterocycles. The molecule has 0 aromatic heterocycles. The summed E-state index contributed by atoms with van der Waals surface area (Å²) in [5.74, 6) is 1.37. The minimum absolute atomic E-state index is 0.0349. The lowest BCUT2D eigenvalue weighted by Crippen LogP contribution is -2.52. The first kappa shape index (κ1) is 11.7. The Bertz CT molecular complexity index is 408. The van der Waals surface area contributed by atoms with Gasteiger partial charge in [0.05, 0.1) is 6.04 Å². The molecule has 5 heteroatoms. The molecule has 0 radical (unpaired) electrons. The van der Waals surface area contributed by atoms with E-state index in [9.17, 15) is 4.79 Å². The minimum Gasteiger partial charge on any atom is -0.486 e. The number of carbonyl (C=O) groups excluding carboxylic acids is 1. The summed E-state index contributed by atoms with van der Waals surface area (Å²) in [7, 11) is 0. The zero-order valence-corrected chi connectivity index (χ0v) is 9.90. The Morgan fingerprint density at radius 1 is 1.41 bits per heavy atom. The van der Waals surface area contributed by atoms with Crippen molar-refractivity contribution in [3.8, 4) is 11.5 Å². The maximum atomic E-state index is 10.8. The highest BCUT2D eigenvalue weighted by Gasteiger charge is 2.25. The minimum atomic E-state index is -0.131. The Kier molecular flexibility index (Phi) is 3.49. The van der Waals surface area contributed by atoms with Crippen LogP contribution in [0.15, 0.2) is 24.3 Å². The molecule has 0 bridgehead atoms. The van der Waals surface area contributed by atoms with Gasteiger partial charge in [0.25, 0.3) is 0 Å². The summed E-state index contributed by atoms with van der Waals surface area (Å²) in [6.07, 6.45) is -0.128. The van der Waals surface area contributed by atoms with E-state index in [1.165, 1.54) is 6.92 Å². The zero-order valence-electron chi connectivity index (χ0n) is 9.90. The van der Waals surface area contributed by atoms with Crippen LogP contribution in [0.2, 0.25) is 0 Å². The quantitative estimate of drug-likeness (QED) is 0.764. The number of para-hydroxylation sites is 2. The molecule has 5 nitrogen and oxygen atoms in total. The Labute approximate surface area is 100 Å². The number of benzene rings is 1. The molecule has 1 aromatic carbocycles. The number of carbonyl (C=O) groups is 1. The van der Waals surface area contributed by atoms with E-state index in [1.54, 1.807) is 0 Å². The first-order valence-electron chi connectivity index (χ1n) is 5.57. The fraction of sp³-hybridized carbons (Fsp3) is 0.417. The Hall–Kier alpha value is -1.75. The molecule has 1 aromatic rings. The van der Waals surface area contributed by atoms with Crippen LogP contribution >= 0.6 is 0 Å². The monoisotopic (exact) mass is 236 g/mol. The van der Waals surface area contributed by atoms with Gasteiger partial charge in [-0.15, -0.1) is 0 Å². The van der Waals surface area contributed by atoms with Crippen molar-refractivity contribution in [2.75, 3.05) is 6.61 Å². The number of rotatable bonds is 3. The van der Waals surface area contributed by atoms with Crippen molar-refractivity contribution in [2.24, 2.45) is 0 Å². The van der Waals surface area contributed by atoms with E-state index in [2.05, 4.69) is 10.9 Å². The van der Waals surface area contributed by atoms with E-state index in [4.69, 9.17) is 9.47 Å². The molecular weight excluding hydrogens is 220 g/mol. The van der Waals surface area contributed by atoms with Gasteiger partial charge in [-0.05, 0) is 19.1 Å². The van der Waals surface area contributed by atoms with Gasteiger partial charge in [-0.2, -0.15) is 0 Å². The fourth-order valence-corrected chi connectivity index (χ4v) is 1.59. The Morgan fingerprint density at radius 2 is 2.12 bits per heavy atom. The lowest BCUT2D eigenvalue weighted by molar-refractivity contribution is -0.120. The lowest BCUT2D eigenvalue weighted by Gasteiger charge is -2.30. The average Bonchev–Trinajstić information content (AvgIpc) is 2.35. The number of hydrogen-bond donors (Lipinski definition) is 2. The summed E-state index contributed by atoms with van der Waals surface area (Å²) >= 11 is 0. The molecule has 1 heterocycles. The number of amides is 1. The second-order valence-corrected chi connectivity index (χ2v) is 4.03. The molecule has 2 unspecified atom stereocenters. The van der Waals surface area contributed by atoms with E-state index in [0.717, 1.165) is 11.5 Å². The Balaban J connectivity index is 1.95. The van der Waals surface area contributed by atoms with Crippen molar-refractivity contribution in [1.29, 1.82) is 0 Å². The second-order valence-electron chi connectivity index (χ2n) is 4.03. The predicted octanol–water partition coefficient (Wildman–Crippen LogP) is 0.856. The lowest BCUT2D eigenvalue weighted by atomic mass is 10.2. The largest absolute Gasteiger partial charge is 0.486 e. The van der Waals surface area contributed by atoms with Crippen molar-refractivity contribution >= 4 is 5.91 Å². The molecule has 0 spiro atoms. The van der Waals surface area contributed by atoms with Crippen LogP contribution in [0.3, 0.4) is 0 Å². The van der Waals surface area contributed by atoms with E-state index in [0.29, 0.717) is 6.61 Å². The zero-order chi connectivity index (χ0) is 12.3. The van der Waals surface area contributed by atoms with Crippen LogP contribution < -0.4 is 20.3 Å². The van der Waals surface area contributed by atoms with Gasteiger partial charge in [0.2, 0.25) is 5.91 Å². The van der Waals surface area contributed by atoms with E-state index >= 15 is 0 Å². The van der Waals surface area contributed by atoms with Crippen LogP contribution in [0.1, 0.15) is 13.8 Å². The molecule has 2 rings (SSSR count). The topological polar surface area (TPSA) is 59.6 Å². The molecular formula is C12H16N2O3. The van der Waals surface area contributed by atoms with Crippen molar-refractivity contribution in [2.45, 2.75) is 26.0 Å². The first-order valence-corrected chi connectivity index (χ1v) is 5.57. The van der Waals surface area contributed by atoms with Crippen LogP contribution in [0.25, 0.3) is 0 Å². The highest BCUT2D eigenvalue weighted by atomic mass is 16.6. The van der Waals surface area contributed by atoms with Crippen LogP contribution in [-0.4, -0.2) is 24.7 Å². The third-order valence-corrected chi connectivity index (χ3v) is 2.56. The molecule has 0 saturated carbocycles.